The summed E-state index contributed by atoms with van der Waals surface area (Å²) in [5.41, 5.74) is 1.63. The normalized spacial score (nSPS) is 12.1. The van der Waals surface area contributed by atoms with Crippen molar-refractivity contribution in [1.29, 1.82) is 0 Å². The first-order chi connectivity index (χ1) is 10.7. The van der Waals surface area contributed by atoms with E-state index in [0.717, 1.165) is 15.4 Å². The van der Waals surface area contributed by atoms with Gasteiger partial charge in [0.1, 0.15) is 10.7 Å². The number of hydrogen-bond donors (Lipinski definition) is 0. The van der Waals surface area contributed by atoms with Crippen molar-refractivity contribution in [2.75, 3.05) is 7.05 Å². The second-order valence-corrected chi connectivity index (χ2v) is 6.82. The summed E-state index contributed by atoms with van der Waals surface area (Å²) < 4.78 is 0. The first-order valence-corrected chi connectivity index (χ1v) is 8.74. The zero-order chi connectivity index (χ0) is 15.5. The van der Waals surface area contributed by atoms with Gasteiger partial charge in [-0.05, 0) is 23.9 Å². The molecule has 0 aliphatic heterocycles. The van der Waals surface area contributed by atoms with Crippen LogP contribution in [0.15, 0.2) is 53.2 Å². The van der Waals surface area contributed by atoms with E-state index in [9.17, 15) is 4.79 Å². The van der Waals surface area contributed by atoms with E-state index in [2.05, 4.69) is 4.98 Å². The highest BCUT2D eigenvalue weighted by molar-refractivity contribution is 7.20. The summed E-state index contributed by atoms with van der Waals surface area (Å²) in [7, 11) is 1.82. The molecule has 0 radical (unpaired) electrons. The molecule has 3 rings (SSSR count). The molecule has 0 aliphatic rings. The van der Waals surface area contributed by atoms with Crippen LogP contribution in [0.5, 0.6) is 0 Å². The number of carbonyl (C=O) groups excluding carboxylic acids is 1. The Balaban J connectivity index is 1.79. The summed E-state index contributed by atoms with van der Waals surface area (Å²) in [6.45, 7) is 2.03. The van der Waals surface area contributed by atoms with Crippen LogP contribution < -0.4 is 0 Å². The molecular formula is C17H16N2OS2. The molecule has 5 heteroatoms. The van der Waals surface area contributed by atoms with E-state index < -0.39 is 0 Å². The van der Waals surface area contributed by atoms with Crippen LogP contribution in [0.25, 0.3) is 9.88 Å². The van der Waals surface area contributed by atoms with Gasteiger partial charge in [0, 0.05) is 12.4 Å². The molecule has 3 aromatic rings. The minimum atomic E-state index is -0.0459. The zero-order valence-corrected chi connectivity index (χ0v) is 14.0. The maximum absolute atomic E-state index is 12.6. The summed E-state index contributed by atoms with van der Waals surface area (Å²) in [4.78, 5) is 19.9. The van der Waals surface area contributed by atoms with Gasteiger partial charge in [0.2, 0.25) is 0 Å². The summed E-state index contributed by atoms with van der Waals surface area (Å²) in [5, 5.41) is 4.76. The largest absolute Gasteiger partial charge is 0.334 e. The maximum Gasteiger partial charge on any atom is 0.273 e. The molecule has 22 heavy (non-hydrogen) atoms. The van der Waals surface area contributed by atoms with Crippen LogP contribution in [0.2, 0.25) is 0 Å². The molecular weight excluding hydrogens is 312 g/mol. The number of thiazole rings is 1. The van der Waals surface area contributed by atoms with Gasteiger partial charge in [0.25, 0.3) is 5.91 Å². The lowest BCUT2D eigenvalue weighted by atomic mass is 10.1. The Bertz CT molecular complexity index is 750. The first-order valence-electron chi connectivity index (χ1n) is 6.98. The minimum absolute atomic E-state index is 0.0144. The topological polar surface area (TPSA) is 33.2 Å². The smallest absolute Gasteiger partial charge is 0.273 e. The highest BCUT2D eigenvalue weighted by Gasteiger charge is 2.21. The molecule has 0 bridgehead atoms. The molecule has 0 spiro atoms. The van der Waals surface area contributed by atoms with Crippen molar-refractivity contribution in [1.82, 2.24) is 9.88 Å². The Labute approximate surface area is 137 Å². The average molecular weight is 328 g/mol. The first kappa shape index (κ1) is 14.9. The van der Waals surface area contributed by atoms with Crippen molar-refractivity contribution >= 4 is 28.6 Å². The summed E-state index contributed by atoms with van der Waals surface area (Å²) >= 11 is 3.15. The van der Waals surface area contributed by atoms with Crippen LogP contribution in [0.4, 0.5) is 0 Å². The van der Waals surface area contributed by atoms with Crippen LogP contribution in [0.3, 0.4) is 0 Å². The number of hydrogen-bond acceptors (Lipinski definition) is 4. The van der Waals surface area contributed by atoms with Crippen molar-refractivity contribution < 1.29 is 4.79 Å². The van der Waals surface area contributed by atoms with Gasteiger partial charge in [-0.15, -0.1) is 22.7 Å². The van der Waals surface area contributed by atoms with Gasteiger partial charge in [-0.25, -0.2) is 4.98 Å². The van der Waals surface area contributed by atoms with Gasteiger partial charge in [-0.1, -0.05) is 36.4 Å². The standard InChI is InChI=1S/C17H16N2OS2/c1-12(13-7-4-3-5-8-13)19(2)17(20)14-11-22-16(18-14)15-9-6-10-21-15/h3-12H,1-2H3/t12-/m0/s1. The van der Waals surface area contributed by atoms with Gasteiger partial charge in [0.15, 0.2) is 0 Å². The Morgan fingerprint density at radius 3 is 2.59 bits per heavy atom. The third kappa shape index (κ3) is 2.96. The fourth-order valence-electron chi connectivity index (χ4n) is 2.20. The predicted molar refractivity (Wildman–Crippen MR) is 92.4 cm³/mol. The third-order valence-corrected chi connectivity index (χ3v) is 5.52. The number of thiophene rings is 1. The monoisotopic (exact) mass is 328 g/mol. The average Bonchev–Trinajstić information content (AvgIpc) is 3.24. The third-order valence-electron chi connectivity index (χ3n) is 3.64. The summed E-state index contributed by atoms with van der Waals surface area (Å²) in [6, 6.07) is 14.1. The fourth-order valence-corrected chi connectivity index (χ4v) is 3.81. The van der Waals surface area contributed by atoms with E-state index >= 15 is 0 Å². The summed E-state index contributed by atoms with van der Waals surface area (Å²) in [5.74, 6) is -0.0459. The van der Waals surface area contributed by atoms with Crippen molar-refractivity contribution in [2.24, 2.45) is 0 Å². The maximum atomic E-state index is 12.6. The molecule has 0 saturated heterocycles. The van der Waals surface area contributed by atoms with E-state index in [-0.39, 0.29) is 11.9 Å². The molecule has 0 N–H and O–H groups in total. The van der Waals surface area contributed by atoms with E-state index in [4.69, 9.17) is 0 Å². The van der Waals surface area contributed by atoms with Gasteiger partial charge < -0.3 is 4.90 Å². The summed E-state index contributed by atoms with van der Waals surface area (Å²) in [6.07, 6.45) is 0. The number of aromatic nitrogens is 1. The number of nitrogens with zero attached hydrogens (tertiary/aromatic N) is 2. The van der Waals surface area contributed by atoms with Gasteiger partial charge in [-0.2, -0.15) is 0 Å². The van der Waals surface area contributed by atoms with E-state index in [1.807, 2.05) is 67.2 Å². The Kier molecular flexibility index (Phi) is 4.36. The van der Waals surface area contributed by atoms with E-state index in [0.29, 0.717) is 5.69 Å². The second kappa shape index (κ2) is 6.42. The SMILES string of the molecule is C[C@@H](c1ccccc1)N(C)C(=O)c1csc(-c2cccs2)n1. The number of carbonyl (C=O) groups is 1. The van der Waals surface area contributed by atoms with Gasteiger partial charge in [-0.3, -0.25) is 4.79 Å². The van der Waals surface area contributed by atoms with Crippen LogP contribution >= 0.6 is 22.7 Å². The van der Waals surface area contributed by atoms with E-state index in [1.54, 1.807) is 16.2 Å². The fraction of sp³-hybridized carbons (Fsp3) is 0.176. The zero-order valence-electron chi connectivity index (χ0n) is 12.4. The molecule has 2 aromatic heterocycles. The van der Waals surface area contributed by atoms with Crippen LogP contribution in [0.1, 0.15) is 29.0 Å². The lowest BCUT2D eigenvalue weighted by Gasteiger charge is -2.24. The van der Waals surface area contributed by atoms with Crippen LogP contribution in [-0.4, -0.2) is 22.8 Å². The lowest BCUT2D eigenvalue weighted by Crippen LogP contribution is -2.29. The van der Waals surface area contributed by atoms with Crippen molar-refractivity contribution in [2.45, 2.75) is 13.0 Å². The molecule has 0 fully saturated rings. The number of benzene rings is 1. The molecule has 0 aliphatic carbocycles. The number of rotatable bonds is 4. The van der Waals surface area contributed by atoms with Crippen molar-refractivity contribution in [3.63, 3.8) is 0 Å². The Hall–Kier alpha value is -1.98. The second-order valence-electron chi connectivity index (χ2n) is 5.02. The van der Waals surface area contributed by atoms with Crippen LogP contribution in [-0.2, 0) is 0 Å². The van der Waals surface area contributed by atoms with Crippen molar-refractivity contribution in [3.8, 4) is 9.88 Å². The minimum Gasteiger partial charge on any atom is -0.334 e. The molecule has 2 heterocycles. The number of amides is 1. The van der Waals surface area contributed by atoms with E-state index in [1.165, 1.54) is 11.3 Å². The quantitative estimate of drug-likeness (QED) is 0.695. The molecule has 0 saturated carbocycles. The molecule has 1 aromatic carbocycles. The Morgan fingerprint density at radius 2 is 1.91 bits per heavy atom. The lowest BCUT2D eigenvalue weighted by molar-refractivity contribution is 0.0737. The van der Waals surface area contributed by atoms with Crippen LogP contribution in [0, 0.1) is 0 Å². The van der Waals surface area contributed by atoms with Gasteiger partial charge in [0.05, 0.1) is 10.9 Å². The molecule has 3 nitrogen and oxygen atoms in total. The molecule has 1 amide bonds. The molecule has 1 atom stereocenters. The Morgan fingerprint density at radius 1 is 1.14 bits per heavy atom. The highest BCUT2D eigenvalue weighted by atomic mass is 32.1. The molecule has 112 valence electrons. The van der Waals surface area contributed by atoms with Crippen molar-refractivity contribution in [3.05, 3.63) is 64.5 Å². The van der Waals surface area contributed by atoms with Gasteiger partial charge >= 0.3 is 0 Å². The highest BCUT2D eigenvalue weighted by Crippen LogP contribution is 2.29. The predicted octanol–water partition coefficient (Wildman–Crippen LogP) is 4.70. The molecule has 0 unspecified atom stereocenters.